The summed E-state index contributed by atoms with van der Waals surface area (Å²) in [6.07, 6.45) is 0.121. The van der Waals surface area contributed by atoms with Gasteiger partial charge in [0.25, 0.3) is 5.91 Å². The third-order valence-electron chi connectivity index (χ3n) is 8.46. The van der Waals surface area contributed by atoms with Gasteiger partial charge in [0.1, 0.15) is 17.4 Å². The molecular formula is C31H36Cl2F2N6O3. The van der Waals surface area contributed by atoms with E-state index in [9.17, 15) is 23.5 Å². The minimum Gasteiger partial charge on any atom is -0.508 e. The van der Waals surface area contributed by atoms with Crippen LogP contribution >= 0.6 is 24.8 Å². The number of fused-ring (bicyclic) bond motifs is 2. The number of amides is 2. The number of aromatic nitrogens is 2. The van der Waals surface area contributed by atoms with Crippen molar-refractivity contribution in [3.63, 3.8) is 0 Å². The highest BCUT2D eigenvalue weighted by Crippen LogP contribution is 2.39. The second-order valence-corrected chi connectivity index (χ2v) is 12.3. The monoisotopic (exact) mass is 648 g/mol. The molecule has 0 aliphatic carbocycles. The smallest absolute Gasteiger partial charge is 0.254 e. The van der Waals surface area contributed by atoms with Crippen LogP contribution in [-0.4, -0.2) is 81.7 Å². The van der Waals surface area contributed by atoms with Crippen molar-refractivity contribution in [2.75, 3.05) is 37.6 Å². The van der Waals surface area contributed by atoms with Gasteiger partial charge in [-0.3, -0.25) is 14.5 Å². The van der Waals surface area contributed by atoms with Crippen molar-refractivity contribution >= 4 is 42.3 Å². The quantitative estimate of drug-likeness (QED) is 0.419. The van der Waals surface area contributed by atoms with Gasteiger partial charge in [0.15, 0.2) is 0 Å². The first-order chi connectivity index (χ1) is 20.0. The number of phenols is 1. The number of anilines is 1. The van der Waals surface area contributed by atoms with Gasteiger partial charge in [0, 0.05) is 68.3 Å². The molecule has 2 atom stereocenters. The first kappa shape index (κ1) is 33.5. The first-order valence-corrected chi connectivity index (χ1v) is 14.2. The van der Waals surface area contributed by atoms with Crippen LogP contribution in [0.15, 0.2) is 42.5 Å². The van der Waals surface area contributed by atoms with Crippen molar-refractivity contribution in [2.45, 2.75) is 51.2 Å². The number of nitrogens with one attached hydrogen (secondary N) is 1. The van der Waals surface area contributed by atoms with Crippen LogP contribution in [0.1, 0.15) is 53.6 Å². The molecule has 2 aromatic carbocycles. The van der Waals surface area contributed by atoms with Crippen LogP contribution in [0.25, 0.3) is 0 Å². The number of aromatic hydroxyl groups is 1. The molecule has 0 unspecified atom stereocenters. The fourth-order valence-electron chi connectivity index (χ4n) is 6.27. The zero-order valence-electron chi connectivity index (χ0n) is 24.7. The third-order valence-corrected chi connectivity index (χ3v) is 8.46. The van der Waals surface area contributed by atoms with Crippen molar-refractivity contribution in [2.24, 2.45) is 0 Å². The SMILES string of the molecule is C[C@@H]1CN(CC(=O)N2CC(C)(C)c3nnc(Cc4ccc(F)cc4F)cc32)[C@@H](CN2Cc3cc(O)ccc3C2=O)CN1.Cl.Cl. The van der Waals surface area contributed by atoms with Gasteiger partial charge in [-0.1, -0.05) is 19.9 Å². The number of carbonyl (C=O) groups excluding carboxylic acids is 2. The van der Waals surface area contributed by atoms with Crippen LogP contribution in [0, 0.1) is 11.6 Å². The van der Waals surface area contributed by atoms with E-state index in [1.165, 1.54) is 18.2 Å². The second-order valence-electron chi connectivity index (χ2n) is 12.3. The molecule has 9 nitrogen and oxygen atoms in total. The molecule has 2 N–H and O–H groups in total. The van der Waals surface area contributed by atoms with E-state index in [-0.39, 0.29) is 67.4 Å². The number of benzene rings is 2. The van der Waals surface area contributed by atoms with Gasteiger partial charge in [-0.15, -0.1) is 24.8 Å². The van der Waals surface area contributed by atoms with Crippen molar-refractivity contribution in [1.82, 2.24) is 25.3 Å². The topological polar surface area (TPSA) is 102 Å². The van der Waals surface area contributed by atoms with E-state index in [1.807, 2.05) is 13.8 Å². The number of hydrogen-bond donors (Lipinski definition) is 2. The Morgan fingerprint density at radius 3 is 2.64 bits per heavy atom. The highest BCUT2D eigenvalue weighted by molar-refractivity contribution is 5.99. The summed E-state index contributed by atoms with van der Waals surface area (Å²) in [6, 6.07) is 10.1. The van der Waals surface area contributed by atoms with Crippen LogP contribution in [0.3, 0.4) is 0 Å². The molecular weight excluding hydrogens is 613 g/mol. The standard InChI is InChI=1S/C31H34F2N6O3.2ClH/c1-18-13-37(23(12-34-18)15-38-14-20-9-24(40)6-7-25(20)30(38)42)16-28(41)39-17-31(2,3)29-27(39)11-22(35-36-29)8-19-4-5-21(32)10-26(19)33;;/h4-7,9-11,18,23,34,40H,8,12-17H2,1-3H3;2*1H/t18-,23-;;/m1../s1. The molecule has 0 saturated carbocycles. The van der Waals surface area contributed by atoms with Crippen molar-refractivity contribution in [3.05, 3.63) is 82.2 Å². The summed E-state index contributed by atoms with van der Waals surface area (Å²) in [4.78, 5) is 32.6. The zero-order chi connectivity index (χ0) is 29.8. The lowest BCUT2D eigenvalue weighted by Gasteiger charge is -2.41. The summed E-state index contributed by atoms with van der Waals surface area (Å²) in [7, 11) is 0. The Hall–Kier alpha value is -3.38. The average Bonchev–Trinajstić information content (AvgIpc) is 3.38. The molecule has 2 amide bonds. The first-order valence-electron chi connectivity index (χ1n) is 14.2. The summed E-state index contributed by atoms with van der Waals surface area (Å²) in [5.41, 5.74) is 3.12. The van der Waals surface area contributed by atoms with Gasteiger partial charge in [-0.25, -0.2) is 8.78 Å². The van der Waals surface area contributed by atoms with Gasteiger partial charge >= 0.3 is 0 Å². The van der Waals surface area contributed by atoms with E-state index < -0.39 is 17.0 Å². The Labute approximate surface area is 267 Å². The summed E-state index contributed by atoms with van der Waals surface area (Å²) in [5.74, 6) is -1.33. The minimum absolute atomic E-state index is 0. The molecule has 0 bridgehead atoms. The molecule has 4 heterocycles. The number of rotatable bonds is 6. The Bertz CT molecular complexity index is 1580. The number of nitrogens with zero attached hydrogens (tertiary/aromatic N) is 5. The van der Waals surface area contributed by atoms with Gasteiger partial charge in [0.05, 0.1) is 23.6 Å². The number of carbonyl (C=O) groups is 2. The highest BCUT2D eigenvalue weighted by atomic mass is 35.5. The largest absolute Gasteiger partial charge is 0.508 e. The van der Waals surface area contributed by atoms with Crippen LogP contribution in [0.2, 0.25) is 0 Å². The molecule has 3 aliphatic heterocycles. The Morgan fingerprint density at radius 1 is 1.11 bits per heavy atom. The van der Waals surface area contributed by atoms with Crippen LogP contribution < -0.4 is 10.2 Å². The summed E-state index contributed by atoms with van der Waals surface area (Å²) >= 11 is 0. The van der Waals surface area contributed by atoms with E-state index in [4.69, 9.17) is 0 Å². The van der Waals surface area contributed by atoms with E-state index in [1.54, 1.807) is 28.0 Å². The number of halogens is 4. The number of phenolic OH excluding ortho intramolecular Hbond substituents is 1. The predicted molar refractivity (Wildman–Crippen MR) is 167 cm³/mol. The minimum atomic E-state index is -0.652. The molecule has 1 fully saturated rings. The van der Waals surface area contributed by atoms with Gasteiger partial charge in [-0.2, -0.15) is 10.2 Å². The fourth-order valence-corrected chi connectivity index (χ4v) is 6.27. The van der Waals surface area contributed by atoms with Gasteiger partial charge in [0.2, 0.25) is 5.91 Å². The lowest BCUT2D eigenvalue weighted by molar-refractivity contribution is -0.120. The molecule has 236 valence electrons. The maximum Gasteiger partial charge on any atom is 0.254 e. The van der Waals surface area contributed by atoms with Crippen LogP contribution in [0.4, 0.5) is 14.5 Å². The second kappa shape index (κ2) is 12.9. The lowest BCUT2D eigenvalue weighted by Crippen LogP contribution is -2.60. The summed E-state index contributed by atoms with van der Waals surface area (Å²) < 4.78 is 27.7. The molecule has 3 aromatic rings. The average molecular weight is 650 g/mol. The molecule has 44 heavy (non-hydrogen) atoms. The van der Waals surface area contributed by atoms with E-state index in [2.05, 4.69) is 27.3 Å². The van der Waals surface area contributed by atoms with Crippen LogP contribution in [-0.2, 0) is 23.2 Å². The molecule has 3 aliphatic rings. The molecule has 0 radical (unpaired) electrons. The Kier molecular flexibility index (Phi) is 9.84. The Balaban J connectivity index is 0.00000221. The maximum atomic E-state index is 14.3. The van der Waals surface area contributed by atoms with Crippen LogP contribution in [0.5, 0.6) is 5.75 Å². The maximum absolute atomic E-state index is 14.3. The van der Waals surface area contributed by atoms with Crippen molar-refractivity contribution in [3.8, 4) is 5.75 Å². The molecule has 0 spiro atoms. The lowest BCUT2D eigenvalue weighted by atomic mass is 9.91. The molecule has 6 rings (SSSR count). The zero-order valence-corrected chi connectivity index (χ0v) is 26.4. The normalized spacial score (nSPS) is 20.5. The third kappa shape index (κ3) is 6.51. The van der Waals surface area contributed by atoms with E-state index >= 15 is 0 Å². The predicted octanol–water partition coefficient (Wildman–Crippen LogP) is 3.84. The number of hydrogen-bond acceptors (Lipinski definition) is 7. The molecule has 13 heteroatoms. The fraction of sp³-hybridized carbons (Fsp3) is 0.419. The number of piperazine rings is 1. The summed E-state index contributed by atoms with van der Waals surface area (Å²) in [6.45, 7) is 8.81. The van der Waals surface area contributed by atoms with E-state index in [0.29, 0.717) is 60.9 Å². The van der Waals surface area contributed by atoms with Crippen molar-refractivity contribution in [1.29, 1.82) is 0 Å². The van der Waals surface area contributed by atoms with Crippen molar-refractivity contribution < 1.29 is 23.5 Å². The summed E-state index contributed by atoms with van der Waals surface area (Å²) in [5, 5.41) is 22.1. The highest BCUT2D eigenvalue weighted by Gasteiger charge is 2.42. The van der Waals surface area contributed by atoms with E-state index in [0.717, 1.165) is 11.6 Å². The van der Waals surface area contributed by atoms with Gasteiger partial charge in [-0.05, 0) is 48.4 Å². The molecule has 1 saturated heterocycles. The van der Waals surface area contributed by atoms with Gasteiger partial charge < -0.3 is 20.2 Å². The Morgan fingerprint density at radius 2 is 1.89 bits per heavy atom. The molecule has 1 aromatic heterocycles.